The zero-order chi connectivity index (χ0) is 23.4. The molecule has 4 heterocycles. The Balaban J connectivity index is 1.75. The van der Waals surface area contributed by atoms with Gasteiger partial charge in [-0.2, -0.15) is 5.10 Å². The van der Waals surface area contributed by atoms with E-state index < -0.39 is 11.7 Å². The first-order chi connectivity index (χ1) is 15.7. The second-order valence-corrected chi connectivity index (χ2v) is 8.62. The maximum atomic E-state index is 15.1. The van der Waals surface area contributed by atoms with E-state index in [1.807, 2.05) is 13.8 Å². The molecule has 2 aromatic heterocycles. The average molecular weight is 449 g/mol. The monoisotopic (exact) mass is 449 g/mol. The third kappa shape index (κ3) is 3.54. The molecule has 2 amide bonds. The molecule has 2 aliphatic rings. The molecule has 33 heavy (non-hydrogen) atoms. The number of carbonyl (C=O) groups is 2. The van der Waals surface area contributed by atoms with Crippen LogP contribution in [0.1, 0.15) is 39.9 Å². The Hall–Kier alpha value is -3.72. The second kappa shape index (κ2) is 7.70. The maximum Gasteiger partial charge on any atom is 0.256 e. The molecule has 5 rings (SSSR count). The summed E-state index contributed by atoms with van der Waals surface area (Å²) in [6.45, 7) is 4.25. The number of hydrogen-bond acceptors (Lipinski definition) is 4. The van der Waals surface area contributed by atoms with Crippen LogP contribution in [0.15, 0.2) is 24.4 Å². The molecule has 1 atom stereocenters. The van der Waals surface area contributed by atoms with Crippen molar-refractivity contribution in [3.63, 3.8) is 0 Å². The fourth-order valence-electron chi connectivity index (χ4n) is 4.30. The van der Waals surface area contributed by atoms with Crippen molar-refractivity contribution in [3.8, 4) is 11.1 Å². The minimum absolute atomic E-state index is 0.128. The van der Waals surface area contributed by atoms with E-state index in [9.17, 15) is 9.59 Å². The predicted molar refractivity (Wildman–Crippen MR) is 122 cm³/mol. The van der Waals surface area contributed by atoms with Crippen molar-refractivity contribution in [1.82, 2.24) is 19.7 Å². The fourth-order valence-corrected chi connectivity index (χ4v) is 4.30. The summed E-state index contributed by atoms with van der Waals surface area (Å²) in [7, 11) is 3.51. The highest BCUT2D eigenvalue weighted by Crippen LogP contribution is 2.39. The standard InChI is InChI=1S/C24H24FN5O3/c1-12-5-17-20(26-12)8-16-15-6-14(7-19(25)22(15)27-23(16)31)18-9-29(3)28-21(18)11-33-10-13(2)30(4)24(17)32/h5-9,13,26H,10-11H2,1-4H3,(H,27,31)/b16-8+/t13-/m1/s1. The Morgan fingerprint density at radius 1 is 1.15 bits per heavy atom. The number of benzene rings is 1. The number of nitrogens with zero attached hydrogens (tertiary/aromatic N) is 3. The van der Waals surface area contributed by atoms with Gasteiger partial charge in [0.1, 0.15) is 5.82 Å². The van der Waals surface area contributed by atoms with E-state index in [-0.39, 0.29) is 29.8 Å². The van der Waals surface area contributed by atoms with Crippen LogP contribution in [-0.4, -0.2) is 51.2 Å². The molecule has 2 bridgehead atoms. The van der Waals surface area contributed by atoms with E-state index in [1.54, 1.807) is 48.1 Å². The minimum Gasteiger partial charge on any atom is -0.373 e. The van der Waals surface area contributed by atoms with Crippen LogP contribution >= 0.6 is 0 Å². The molecule has 170 valence electrons. The van der Waals surface area contributed by atoms with Crippen LogP contribution in [0.25, 0.3) is 22.8 Å². The Kier molecular flexibility index (Phi) is 4.93. The molecule has 0 radical (unpaired) electrons. The van der Waals surface area contributed by atoms with E-state index in [1.165, 1.54) is 6.07 Å². The van der Waals surface area contributed by atoms with Gasteiger partial charge < -0.3 is 19.9 Å². The van der Waals surface area contributed by atoms with E-state index >= 15 is 4.39 Å². The van der Waals surface area contributed by atoms with Crippen LogP contribution in [0, 0.1) is 12.7 Å². The Morgan fingerprint density at radius 3 is 2.73 bits per heavy atom. The second-order valence-electron chi connectivity index (χ2n) is 8.62. The predicted octanol–water partition coefficient (Wildman–Crippen LogP) is 3.35. The van der Waals surface area contributed by atoms with Gasteiger partial charge in [0.2, 0.25) is 0 Å². The van der Waals surface area contributed by atoms with Gasteiger partial charge in [0.15, 0.2) is 0 Å². The normalized spacial score (nSPS) is 19.8. The number of anilines is 1. The third-order valence-electron chi connectivity index (χ3n) is 6.16. The van der Waals surface area contributed by atoms with Gasteiger partial charge in [-0.3, -0.25) is 14.3 Å². The van der Waals surface area contributed by atoms with Gasteiger partial charge in [-0.15, -0.1) is 0 Å². The number of aromatic amines is 1. The lowest BCUT2D eigenvalue weighted by atomic mass is 9.98. The number of aryl methyl sites for hydroxylation is 2. The number of likely N-dealkylation sites (N-methyl/N-ethyl adjacent to an activating group) is 1. The molecule has 2 aliphatic heterocycles. The van der Waals surface area contributed by atoms with E-state index in [0.717, 1.165) is 11.3 Å². The van der Waals surface area contributed by atoms with Gasteiger partial charge in [0.25, 0.3) is 11.8 Å². The van der Waals surface area contributed by atoms with E-state index in [0.29, 0.717) is 34.7 Å². The quantitative estimate of drug-likeness (QED) is 0.551. The minimum atomic E-state index is -0.536. The van der Waals surface area contributed by atoms with Gasteiger partial charge >= 0.3 is 0 Å². The summed E-state index contributed by atoms with van der Waals surface area (Å²) in [5.74, 6) is -1.16. The van der Waals surface area contributed by atoms with Crippen LogP contribution in [0.4, 0.5) is 10.1 Å². The van der Waals surface area contributed by atoms with E-state index in [4.69, 9.17) is 4.74 Å². The first kappa shape index (κ1) is 21.1. The smallest absolute Gasteiger partial charge is 0.256 e. The lowest BCUT2D eigenvalue weighted by Crippen LogP contribution is -2.38. The summed E-state index contributed by atoms with van der Waals surface area (Å²) in [4.78, 5) is 30.9. The zero-order valence-corrected chi connectivity index (χ0v) is 18.8. The Morgan fingerprint density at radius 2 is 1.94 bits per heavy atom. The van der Waals surface area contributed by atoms with Crippen LogP contribution in [0.2, 0.25) is 0 Å². The molecule has 0 spiro atoms. The highest BCUT2D eigenvalue weighted by Gasteiger charge is 2.30. The molecule has 1 aromatic carbocycles. The average Bonchev–Trinajstić information content (AvgIpc) is 3.42. The molecular formula is C24H24FN5O3. The molecule has 2 N–H and O–H groups in total. The highest BCUT2D eigenvalue weighted by atomic mass is 19.1. The van der Waals surface area contributed by atoms with Crippen molar-refractivity contribution < 1.29 is 18.7 Å². The number of amides is 2. The summed E-state index contributed by atoms with van der Waals surface area (Å²) >= 11 is 0. The topological polar surface area (TPSA) is 92.2 Å². The van der Waals surface area contributed by atoms with E-state index in [2.05, 4.69) is 15.4 Å². The molecule has 0 fully saturated rings. The number of hydrogen-bond donors (Lipinski definition) is 2. The summed E-state index contributed by atoms with van der Waals surface area (Å²) in [6, 6.07) is 4.71. The van der Waals surface area contributed by atoms with Crippen LogP contribution < -0.4 is 5.32 Å². The lowest BCUT2D eigenvalue weighted by Gasteiger charge is -2.25. The Labute approximate surface area is 190 Å². The number of aromatic nitrogens is 3. The summed E-state index contributed by atoms with van der Waals surface area (Å²) in [6.07, 6.45) is 3.42. The number of rotatable bonds is 0. The Bertz CT molecular complexity index is 1340. The number of H-pyrrole nitrogens is 1. The molecule has 0 saturated heterocycles. The van der Waals surface area contributed by atoms with Gasteiger partial charge in [0, 0.05) is 37.1 Å². The number of carbonyl (C=O) groups excluding carboxylic acids is 2. The molecule has 0 saturated carbocycles. The van der Waals surface area contributed by atoms with Crippen molar-refractivity contribution in [2.24, 2.45) is 7.05 Å². The molecule has 0 unspecified atom stereocenters. The van der Waals surface area contributed by atoms with Crippen molar-refractivity contribution in [2.75, 3.05) is 19.0 Å². The summed E-state index contributed by atoms with van der Waals surface area (Å²) in [5, 5.41) is 7.09. The van der Waals surface area contributed by atoms with Crippen molar-refractivity contribution in [1.29, 1.82) is 0 Å². The van der Waals surface area contributed by atoms with Crippen LogP contribution in [0.3, 0.4) is 0 Å². The lowest BCUT2D eigenvalue weighted by molar-refractivity contribution is -0.110. The largest absolute Gasteiger partial charge is 0.373 e. The van der Waals surface area contributed by atoms with Crippen molar-refractivity contribution in [2.45, 2.75) is 26.5 Å². The third-order valence-corrected chi connectivity index (χ3v) is 6.16. The number of halogens is 1. The number of nitrogens with one attached hydrogen (secondary N) is 2. The van der Waals surface area contributed by atoms with Gasteiger partial charge in [-0.1, -0.05) is 0 Å². The fraction of sp³-hybridized carbons (Fsp3) is 0.292. The van der Waals surface area contributed by atoms with Crippen molar-refractivity contribution >= 4 is 29.2 Å². The van der Waals surface area contributed by atoms with Gasteiger partial charge in [-0.05, 0) is 43.7 Å². The summed E-state index contributed by atoms with van der Waals surface area (Å²) in [5.41, 5.74) is 4.54. The molecule has 9 heteroatoms. The first-order valence-corrected chi connectivity index (χ1v) is 10.7. The highest BCUT2D eigenvalue weighted by molar-refractivity contribution is 6.35. The maximum absolute atomic E-state index is 15.1. The number of ether oxygens (including phenoxy) is 1. The zero-order valence-electron chi connectivity index (χ0n) is 18.8. The number of fused-ring (bicyclic) bond motifs is 4. The van der Waals surface area contributed by atoms with Gasteiger partial charge in [-0.25, -0.2) is 4.39 Å². The molecular weight excluding hydrogens is 425 g/mol. The van der Waals surface area contributed by atoms with Crippen LogP contribution in [0.5, 0.6) is 0 Å². The first-order valence-electron chi connectivity index (χ1n) is 10.7. The van der Waals surface area contributed by atoms with Crippen molar-refractivity contribution in [3.05, 3.63) is 58.4 Å². The van der Waals surface area contributed by atoms with Crippen LogP contribution in [-0.2, 0) is 23.2 Å². The van der Waals surface area contributed by atoms with Gasteiger partial charge in [0.05, 0.1) is 47.5 Å². The SMILES string of the molecule is Cc1cc2c([nH]1)/C=C1/C(=O)Nc3c(F)cc(cc31)-c1cn(C)nc1COC[C@@H](C)N(C)C2=O. The molecule has 0 aliphatic carbocycles. The molecule has 8 nitrogen and oxygen atoms in total. The summed E-state index contributed by atoms with van der Waals surface area (Å²) < 4.78 is 22.6. The molecule has 3 aromatic rings.